The van der Waals surface area contributed by atoms with E-state index < -0.39 is 13.3 Å². The van der Waals surface area contributed by atoms with E-state index in [9.17, 15) is 9.82 Å². The van der Waals surface area contributed by atoms with E-state index in [2.05, 4.69) is 4.65 Å². The fourth-order valence-corrected chi connectivity index (χ4v) is 0.142. The SMILES string of the molecule is CC(=O)OB([O-])O.N.[Na+]. The van der Waals surface area contributed by atoms with Gasteiger partial charge in [-0.05, 0) is 0 Å². The van der Waals surface area contributed by atoms with Crippen LogP contribution in [0.3, 0.4) is 0 Å². The number of hydrogen-bond acceptors (Lipinski definition) is 5. The van der Waals surface area contributed by atoms with Crippen molar-refractivity contribution < 1.29 is 49.1 Å². The number of carbonyl (C=O) groups is 1. The van der Waals surface area contributed by atoms with Gasteiger partial charge in [0.25, 0.3) is 5.97 Å². The summed E-state index contributed by atoms with van der Waals surface area (Å²) in [6, 6.07) is 0. The van der Waals surface area contributed by atoms with E-state index in [4.69, 9.17) is 5.02 Å². The van der Waals surface area contributed by atoms with Crippen LogP contribution in [0.1, 0.15) is 6.92 Å². The van der Waals surface area contributed by atoms with Crippen molar-refractivity contribution in [2.75, 3.05) is 0 Å². The fraction of sp³-hybridized carbons (Fsp3) is 0.500. The molecule has 0 spiro atoms. The molecule has 0 heterocycles. The van der Waals surface area contributed by atoms with Crippen molar-refractivity contribution in [2.24, 2.45) is 0 Å². The van der Waals surface area contributed by atoms with Gasteiger partial charge in [-0.25, -0.2) is 0 Å². The van der Waals surface area contributed by atoms with Crippen LogP contribution in [0.15, 0.2) is 0 Å². The maximum atomic E-state index is 9.67. The van der Waals surface area contributed by atoms with Crippen LogP contribution in [0.5, 0.6) is 0 Å². The second kappa shape index (κ2) is 8.41. The predicted octanol–water partition coefficient (Wildman–Crippen LogP) is -4.95. The molecule has 0 aromatic rings. The minimum atomic E-state index is -2.22. The Kier molecular flexibility index (Phi) is 15.1. The Labute approximate surface area is 75.4 Å². The molecule has 0 aliphatic rings. The Balaban J connectivity index is -0.000000180. The van der Waals surface area contributed by atoms with Gasteiger partial charge in [0.2, 0.25) is 0 Å². The number of rotatable bonds is 1. The van der Waals surface area contributed by atoms with Crippen molar-refractivity contribution in [3.8, 4) is 0 Å². The summed E-state index contributed by atoms with van der Waals surface area (Å²) < 4.78 is 3.61. The van der Waals surface area contributed by atoms with E-state index in [1.165, 1.54) is 0 Å². The van der Waals surface area contributed by atoms with Crippen LogP contribution < -0.4 is 40.7 Å². The molecular formula is C2H7BNNaO4. The van der Waals surface area contributed by atoms with Crippen molar-refractivity contribution in [3.05, 3.63) is 0 Å². The smallest absolute Gasteiger partial charge is 0.820 e. The van der Waals surface area contributed by atoms with E-state index >= 15 is 0 Å². The van der Waals surface area contributed by atoms with Gasteiger partial charge in [0.15, 0.2) is 0 Å². The Morgan fingerprint density at radius 1 is 1.78 bits per heavy atom. The van der Waals surface area contributed by atoms with E-state index in [0.29, 0.717) is 0 Å². The normalized spacial score (nSPS) is 6.11. The molecule has 7 heteroatoms. The van der Waals surface area contributed by atoms with Crippen molar-refractivity contribution in [2.45, 2.75) is 6.92 Å². The molecule has 0 saturated carbocycles. The van der Waals surface area contributed by atoms with Crippen LogP contribution in [-0.2, 0) is 9.45 Å². The summed E-state index contributed by atoms with van der Waals surface area (Å²) in [5, 5.41) is 17.2. The van der Waals surface area contributed by atoms with Gasteiger partial charge in [-0.1, -0.05) is 0 Å². The van der Waals surface area contributed by atoms with Crippen LogP contribution in [0.4, 0.5) is 0 Å². The molecule has 0 aliphatic carbocycles. The van der Waals surface area contributed by atoms with Crippen LogP contribution in [-0.4, -0.2) is 18.3 Å². The molecule has 4 N–H and O–H groups in total. The van der Waals surface area contributed by atoms with Gasteiger partial charge in [-0.3, -0.25) is 4.79 Å². The molecule has 0 unspecified atom stereocenters. The maximum absolute atomic E-state index is 9.67. The third-order valence-corrected chi connectivity index (χ3v) is 0.267. The second-order valence-electron chi connectivity index (χ2n) is 0.916. The molecule has 0 bridgehead atoms. The van der Waals surface area contributed by atoms with E-state index in [1.54, 1.807) is 0 Å². The minimum Gasteiger partial charge on any atom is -0.820 e. The average Bonchev–Trinajstić information content (AvgIpc) is 1.27. The third kappa shape index (κ3) is 17.8. The van der Waals surface area contributed by atoms with Crippen molar-refractivity contribution in [1.29, 1.82) is 0 Å². The molecule has 0 aromatic heterocycles. The molecule has 0 aliphatic heterocycles. The van der Waals surface area contributed by atoms with Gasteiger partial charge in [0.05, 0.1) is 0 Å². The molecule has 9 heavy (non-hydrogen) atoms. The first-order chi connectivity index (χ1) is 3.13. The van der Waals surface area contributed by atoms with Crippen molar-refractivity contribution in [3.63, 3.8) is 0 Å². The van der Waals surface area contributed by atoms with E-state index in [0.717, 1.165) is 6.92 Å². The molecule has 0 atom stereocenters. The summed E-state index contributed by atoms with van der Waals surface area (Å²) in [6.45, 7) is 1.04. The summed E-state index contributed by atoms with van der Waals surface area (Å²) in [7, 11) is -2.22. The summed E-state index contributed by atoms with van der Waals surface area (Å²) in [4.78, 5) is 9.67. The summed E-state index contributed by atoms with van der Waals surface area (Å²) >= 11 is 0. The number of hydrogen-bond donors (Lipinski definition) is 2. The Morgan fingerprint density at radius 3 is 2.11 bits per heavy atom. The van der Waals surface area contributed by atoms with Crippen LogP contribution in [0.2, 0.25) is 0 Å². The summed E-state index contributed by atoms with van der Waals surface area (Å²) in [6.07, 6.45) is 0. The van der Waals surface area contributed by atoms with Crippen molar-refractivity contribution >= 4 is 13.3 Å². The molecule has 48 valence electrons. The second-order valence-corrected chi connectivity index (χ2v) is 0.916. The van der Waals surface area contributed by atoms with Crippen LogP contribution >= 0.6 is 0 Å². The molecule has 0 rings (SSSR count). The molecule has 0 aromatic carbocycles. The van der Waals surface area contributed by atoms with Gasteiger partial charge in [-0.2, -0.15) is 0 Å². The van der Waals surface area contributed by atoms with Crippen LogP contribution in [0.25, 0.3) is 0 Å². The summed E-state index contributed by atoms with van der Waals surface area (Å²) in [5.41, 5.74) is 0. The van der Waals surface area contributed by atoms with Crippen molar-refractivity contribution in [1.82, 2.24) is 6.15 Å². The van der Waals surface area contributed by atoms with Gasteiger partial charge in [0.1, 0.15) is 0 Å². The Bertz CT molecular complexity index is 79.0. The third-order valence-electron chi connectivity index (χ3n) is 0.267. The maximum Gasteiger partial charge on any atom is 1.00 e. The first kappa shape index (κ1) is 16.2. The van der Waals surface area contributed by atoms with E-state index in [1.807, 2.05) is 0 Å². The molecule has 0 radical (unpaired) electrons. The molecule has 0 saturated heterocycles. The molecule has 0 fully saturated rings. The topological polar surface area (TPSA) is 105 Å². The Morgan fingerprint density at radius 2 is 2.11 bits per heavy atom. The monoisotopic (exact) mass is 143 g/mol. The zero-order chi connectivity index (χ0) is 5.86. The van der Waals surface area contributed by atoms with Gasteiger partial charge in [-0.15, -0.1) is 0 Å². The average molecular weight is 143 g/mol. The van der Waals surface area contributed by atoms with Gasteiger partial charge in [0, 0.05) is 6.92 Å². The largest absolute Gasteiger partial charge is 1.00 e. The Hall–Kier alpha value is 0.415. The first-order valence-corrected chi connectivity index (χ1v) is 1.64. The zero-order valence-corrected chi connectivity index (χ0v) is 7.46. The molecular weight excluding hydrogens is 136 g/mol. The standard InChI is InChI=1S/C2H4BO4.H3N.Na/c1-2(4)7-3(5)6;;/h5H,1H3;1H3;/q-1;;+1. The van der Waals surface area contributed by atoms with Gasteiger partial charge >= 0.3 is 36.9 Å². The van der Waals surface area contributed by atoms with Crippen LogP contribution in [0, 0.1) is 0 Å². The predicted molar refractivity (Wildman–Crippen MR) is 24.8 cm³/mol. The molecule has 5 nitrogen and oxygen atoms in total. The quantitative estimate of drug-likeness (QED) is 0.357. The first-order valence-electron chi connectivity index (χ1n) is 1.64. The fourth-order valence-electron chi connectivity index (χ4n) is 0.142. The van der Waals surface area contributed by atoms with E-state index in [-0.39, 0.29) is 35.7 Å². The zero-order valence-electron chi connectivity index (χ0n) is 5.46. The number of carbonyl (C=O) groups excluding carboxylic acids is 1. The minimum absolute atomic E-state index is 0. The molecule has 0 amide bonds. The van der Waals surface area contributed by atoms with Gasteiger partial charge < -0.3 is 20.9 Å². The summed E-state index contributed by atoms with van der Waals surface area (Å²) in [5.74, 6) is -0.775.